The molecule has 0 radical (unpaired) electrons. The minimum Gasteiger partial charge on any atom is -0.491 e. The molecule has 4 N–H and O–H groups in total. The molecule has 64 heavy (non-hydrogen) atoms. The highest BCUT2D eigenvalue weighted by Crippen LogP contribution is 2.65. The number of anilines is 1. The zero-order valence-electron chi connectivity index (χ0n) is 35.6. The standard InChI is InChI=1S/C50H50N4O10/c1-30(2)40(46(58)62-3)52-49(61)53-37-22-14-13-21-36(37)50(48(53)60)39(45(57)51-29-38(56)31-15-7-4-8-16-31)42-47(59)64-43(33-19-11-6-12-20-33)41(32-17-9-5-10-18-32)54(42)44(50)34-23-25-35(26-24-34)63-28-27-55/h4-26,30,38-44,55-56H,27-29H2,1-3H3,(H,51,57)(H,52,61). The number of carbonyl (C=O) groups excluding carboxylic acids is 5. The third kappa shape index (κ3) is 7.67. The van der Waals surface area contributed by atoms with Crippen LogP contribution in [0.1, 0.15) is 66.0 Å². The highest BCUT2D eigenvalue weighted by atomic mass is 16.6. The van der Waals surface area contributed by atoms with Crippen LogP contribution >= 0.6 is 0 Å². The fourth-order valence-electron chi connectivity index (χ4n) is 9.70. The number of cyclic esters (lactones) is 1. The first-order chi connectivity index (χ1) is 31.0. The van der Waals surface area contributed by atoms with Gasteiger partial charge in [0.25, 0.3) is 0 Å². The molecule has 8 rings (SSSR count). The summed E-state index contributed by atoms with van der Waals surface area (Å²) in [6.45, 7) is 2.98. The van der Waals surface area contributed by atoms with Crippen molar-refractivity contribution in [3.8, 4) is 5.75 Å². The first kappa shape index (κ1) is 43.8. The highest BCUT2D eigenvalue weighted by Gasteiger charge is 2.75. The highest BCUT2D eigenvalue weighted by molar-refractivity contribution is 6.25. The molecule has 8 atom stereocenters. The second kappa shape index (κ2) is 18.5. The number of esters is 2. The van der Waals surface area contributed by atoms with Gasteiger partial charge in [0.2, 0.25) is 11.8 Å². The maximum Gasteiger partial charge on any atom is 0.329 e. The molecule has 3 aliphatic rings. The van der Waals surface area contributed by atoms with Gasteiger partial charge in [-0.15, -0.1) is 0 Å². The number of hydrogen-bond acceptors (Lipinski definition) is 11. The molecule has 5 aromatic rings. The number of morpholine rings is 1. The lowest BCUT2D eigenvalue weighted by Gasteiger charge is -2.46. The molecule has 2 saturated heterocycles. The molecule has 0 saturated carbocycles. The summed E-state index contributed by atoms with van der Waals surface area (Å²) in [6, 6.07) is 35.4. The van der Waals surface area contributed by atoms with Crippen LogP contribution in [-0.2, 0) is 34.1 Å². The van der Waals surface area contributed by atoms with Gasteiger partial charge in [-0.05, 0) is 51.9 Å². The van der Waals surface area contributed by atoms with Crippen molar-refractivity contribution in [3.63, 3.8) is 0 Å². The van der Waals surface area contributed by atoms with Crippen molar-refractivity contribution in [2.45, 2.75) is 55.6 Å². The fraction of sp³-hybridized carbons (Fsp3) is 0.300. The molecule has 0 aromatic heterocycles. The number of imide groups is 1. The molecule has 1 spiro atoms. The Morgan fingerprint density at radius 2 is 1.39 bits per heavy atom. The van der Waals surface area contributed by atoms with Crippen LogP contribution < -0.4 is 20.3 Å². The van der Waals surface area contributed by atoms with Gasteiger partial charge in [-0.1, -0.05) is 135 Å². The third-order valence-corrected chi connectivity index (χ3v) is 12.5. The van der Waals surface area contributed by atoms with E-state index in [2.05, 4.69) is 10.6 Å². The average Bonchev–Trinajstić information content (AvgIpc) is 3.78. The quantitative estimate of drug-likeness (QED) is 0.110. The van der Waals surface area contributed by atoms with Gasteiger partial charge < -0.3 is 35.1 Å². The number of aliphatic hydroxyl groups is 2. The number of ether oxygens (including phenoxy) is 3. The molecule has 330 valence electrons. The van der Waals surface area contributed by atoms with Gasteiger partial charge >= 0.3 is 18.0 Å². The van der Waals surface area contributed by atoms with Crippen LogP contribution in [-0.4, -0.2) is 83.8 Å². The number of benzene rings is 5. The van der Waals surface area contributed by atoms with Gasteiger partial charge in [-0.25, -0.2) is 14.5 Å². The lowest BCUT2D eigenvalue weighted by Crippen LogP contribution is -2.58. The van der Waals surface area contributed by atoms with E-state index in [0.717, 1.165) is 10.5 Å². The maximum atomic E-state index is 16.2. The number of amides is 4. The van der Waals surface area contributed by atoms with Crippen LogP contribution in [0.3, 0.4) is 0 Å². The number of carbonyl (C=O) groups is 5. The van der Waals surface area contributed by atoms with Crippen molar-refractivity contribution >= 4 is 35.5 Å². The van der Waals surface area contributed by atoms with E-state index in [1.807, 2.05) is 65.6 Å². The predicted octanol–water partition coefficient (Wildman–Crippen LogP) is 5.48. The summed E-state index contributed by atoms with van der Waals surface area (Å²) in [7, 11) is 1.21. The minimum absolute atomic E-state index is 0.0253. The number of nitrogens with zero attached hydrogens (tertiary/aromatic N) is 2. The summed E-state index contributed by atoms with van der Waals surface area (Å²) in [5.41, 5.74) is 0.834. The predicted molar refractivity (Wildman–Crippen MR) is 235 cm³/mol. The van der Waals surface area contributed by atoms with E-state index < -0.39 is 83.4 Å². The molecule has 4 amide bonds. The second-order valence-corrected chi connectivity index (χ2v) is 16.4. The molecule has 0 bridgehead atoms. The van der Waals surface area contributed by atoms with Crippen LogP contribution in [0.15, 0.2) is 140 Å². The average molecular weight is 867 g/mol. The lowest BCUT2D eigenvalue weighted by molar-refractivity contribution is -0.178. The Hall–Kier alpha value is -6.87. The van der Waals surface area contributed by atoms with Crippen LogP contribution in [0.5, 0.6) is 5.75 Å². The molecule has 14 heteroatoms. The summed E-state index contributed by atoms with van der Waals surface area (Å²) in [4.78, 5) is 77.5. The third-order valence-electron chi connectivity index (χ3n) is 12.5. The first-order valence-corrected chi connectivity index (χ1v) is 21.3. The smallest absolute Gasteiger partial charge is 0.329 e. The Kier molecular flexibility index (Phi) is 12.6. The lowest BCUT2D eigenvalue weighted by atomic mass is 9.65. The minimum atomic E-state index is -2.04. The van der Waals surface area contributed by atoms with Crippen LogP contribution in [0.25, 0.3) is 0 Å². The molecular weight excluding hydrogens is 817 g/mol. The summed E-state index contributed by atoms with van der Waals surface area (Å²) in [5.74, 6) is -4.64. The fourth-order valence-corrected chi connectivity index (χ4v) is 9.70. The van der Waals surface area contributed by atoms with Gasteiger partial charge in [-0.3, -0.25) is 19.3 Å². The van der Waals surface area contributed by atoms with Crippen LogP contribution in [0.4, 0.5) is 10.5 Å². The van der Waals surface area contributed by atoms with Gasteiger partial charge in [0.05, 0.1) is 43.5 Å². The Bertz CT molecular complexity index is 2490. The normalized spacial score (nSPS) is 23.5. The topological polar surface area (TPSA) is 184 Å². The number of hydrogen-bond donors (Lipinski definition) is 4. The van der Waals surface area contributed by atoms with E-state index in [1.54, 1.807) is 92.7 Å². The monoisotopic (exact) mass is 866 g/mol. The molecule has 8 unspecified atom stereocenters. The summed E-state index contributed by atoms with van der Waals surface area (Å²) < 4.78 is 17.3. The van der Waals surface area contributed by atoms with E-state index in [-0.39, 0.29) is 31.0 Å². The van der Waals surface area contributed by atoms with Gasteiger partial charge in [-0.2, -0.15) is 0 Å². The van der Waals surface area contributed by atoms with Crippen molar-refractivity contribution in [2.75, 3.05) is 31.8 Å². The van der Waals surface area contributed by atoms with Gasteiger partial charge in [0.15, 0.2) is 0 Å². The van der Waals surface area contributed by atoms with Gasteiger partial charge in [0.1, 0.15) is 36.0 Å². The van der Waals surface area contributed by atoms with Crippen LogP contribution in [0, 0.1) is 11.8 Å². The van der Waals surface area contributed by atoms with E-state index in [4.69, 9.17) is 14.2 Å². The first-order valence-electron chi connectivity index (χ1n) is 21.3. The molecule has 3 heterocycles. The summed E-state index contributed by atoms with van der Waals surface area (Å²) in [6.07, 6.45) is -2.09. The van der Waals surface area contributed by atoms with Crippen LogP contribution in [0.2, 0.25) is 0 Å². The molecule has 0 aliphatic carbocycles. The van der Waals surface area contributed by atoms with Crippen molar-refractivity contribution in [2.24, 2.45) is 11.8 Å². The molecule has 3 aliphatic heterocycles. The zero-order valence-corrected chi connectivity index (χ0v) is 35.6. The number of para-hydroxylation sites is 1. The van der Waals surface area contributed by atoms with Gasteiger partial charge in [0, 0.05) is 6.54 Å². The second-order valence-electron chi connectivity index (χ2n) is 16.4. The number of rotatable bonds is 13. The molecule has 14 nitrogen and oxygen atoms in total. The van der Waals surface area contributed by atoms with Crippen molar-refractivity contribution in [1.29, 1.82) is 0 Å². The number of urea groups is 1. The number of fused-ring (bicyclic) bond motifs is 3. The maximum absolute atomic E-state index is 16.2. The Morgan fingerprint density at radius 3 is 2.02 bits per heavy atom. The number of nitrogens with one attached hydrogen (secondary N) is 2. The van der Waals surface area contributed by atoms with Crippen molar-refractivity contribution in [3.05, 3.63) is 167 Å². The Labute approximate surface area is 370 Å². The van der Waals surface area contributed by atoms with E-state index in [1.165, 1.54) is 7.11 Å². The SMILES string of the molecule is COC(=O)C(NC(=O)N1C(=O)C2(c3ccccc31)C(C(=O)NCC(O)c1ccccc1)C1C(=O)OC(c3ccccc3)C(c3ccccc3)N1C2c1ccc(OCCO)cc1)C(C)C. The van der Waals surface area contributed by atoms with E-state index in [0.29, 0.717) is 22.4 Å². The van der Waals surface area contributed by atoms with Crippen molar-refractivity contribution in [1.82, 2.24) is 15.5 Å². The summed E-state index contributed by atoms with van der Waals surface area (Å²) in [5, 5.41) is 26.5. The molecule has 2 fully saturated rings. The zero-order chi connectivity index (χ0) is 45.1. The Morgan fingerprint density at radius 1 is 0.781 bits per heavy atom. The largest absolute Gasteiger partial charge is 0.491 e. The number of methoxy groups -OCH3 is 1. The van der Waals surface area contributed by atoms with E-state index >= 15 is 14.4 Å². The number of aliphatic hydroxyl groups excluding tert-OH is 2. The molecule has 5 aromatic carbocycles. The molecular formula is C50H50N4O10. The van der Waals surface area contributed by atoms with E-state index in [9.17, 15) is 19.8 Å². The van der Waals surface area contributed by atoms with Crippen molar-refractivity contribution < 1.29 is 48.4 Å². The summed E-state index contributed by atoms with van der Waals surface area (Å²) >= 11 is 0. The Balaban J connectivity index is 1.38.